The van der Waals surface area contributed by atoms with Crippen molar-refractivity contribution in [2.75, 3.05) is 25.7 Å². The van der Waals surface area contributed by atoms with Crippen molar-refractivity contribution in [2.24, 2.45) is 0 Å². The van der Waals surface area contributed by atoms with Crippen LogP contribution in [0.4, 0.5) is 0 Å². The quantitative estimate of drug-likeness (QED) is 0.688. The van der Waals surface area contributed by atoms with E-state index in [1.54, 1.807) is 0 Å². The first-order valence-corrected chi connectivity index (χ1v) is 13.1. The van der Waals surface area contributed by atoms with E-state index in [-0.39, 0.29) is 22.4 Å². The Morgan fingerprint density at radius 1 is 0.964 bits per heavy atom. The monoisotopic (exact) mass is 431 g/mol. The molecule has 2 aliphatic rings. The molecule has 3 rings (SSSR count). The van der Waals surface area contributed by atoms with Crippen LogP contribution >= 0.6 is 0 Å². The van der Waals surface area contributed by atoms with E-state index in [1.165, 1.54) is 45.3 Å². The summed E-state index contributed by atoms with van der Waals surface area (Å²) in [5, 5.41) is 2.38. The van der Waals surface area contributed by atoms with Gasteiger partial charge in [-0.3, -0.25) is 0 Å². The summed E-state index contributed by atoms with van der Waals surface area (Å²) in [4.78, 5) is 0.0555. The van der Waals surface area contributed by atoms with Gasteiger partial charge in [0.05, 0.1) is 35.9 Å². The van der Waals surface area contributed by atoms with Crippen LogP contribution in [0.25, 0.3) is 0 Å². The molecular weight excluding hydrogens is 402 g/mol. The van der Waals surface area contributed by atoms with Crippen molar-refractivity contribution in [3.8, 4) is 11.5 Å². The van der Waals surface area contributed by atoms with Gasteiger partial charge in [-0.25, -0.2) is 16.8 Å². The minimum Gasteiger partial charge on any atom is -0.493 e. The van der Waals surface area contributed by atoms with E-state index in [1.807, 2.05) is 0 Å². The molecule has 0 aromatic heterocycles. The summed E-state index contributed by atoms with van der Waals surface area (Å²) in [7, 11) is -4.37. The van der Waals surface area contributed by atoms with Crippen molar-refractivity contribution in [1.82, 2.24) is 5.32 Å². The molecule has 158 valence electrons. The maximum Gasteiger partial charge on any atom is 0.183 e. The fraction of sp³-hybridized carbons (Fsp3) is 0.684. The van der Waals surface area contributed by atoms with E-state index in [4.69, 9.17) is 9.47 Å². The van der Waals surface area contributed by atoms with Crippen LogP contribution in [0.5, 0.6) is 11.5 Å². The van der Waals surface area contributed by atoms with Crippen molar-refractivity contribution < 1.29 is 26.3 Å². The minimum atomic E-state index is -3.85. The van der Waals surface area contributed by atoms with Crippen LogP contribution in [0.15, 0.2) is 23.1 Å². The first-order chi connectivity index (χ1) is 13.3. The molecule has 9 heteroatoms. The average molecular weight is 432 g/mol. The van der Waals surface area contributed by atoms with Gasteiger partial charge in [-0.1, -0.05) is 25.7 Å². The maximum absolute atomic E-state index is 13.3. The molecular formula is C19H29NO6S2. The zero-order chi connectivity index (χ0) is 20.4. The lowest BCUT2D eigenvalue weighted by molar-refractivity contribution is 0.353. The molecule has 2 fully saturated rings. The Labute approximate surface area is 167 Å². The molecule has 0 unspecified atom stereocenters. The second-order valence-corrected chi connectivity index (χ2v) is 12.0. The van der Waals surface area contributed by atoms with Gasteiger partial charge < -0.3 is 14.8 Å². The molecule has 1 N–H and O–H groups in total. The van der Waals surface area contributed by atoms with E-state index in [2.05, 4.69) is 5.32 Å². The van der Waals surface area contributed by atoms with Crippen molar-refractivity contribution in [3.63, 3.8) is 0 Å². The smallest absolute Gasteiger partial charge is 0.183 e. The second-order valence-electron chi connectivity index (χ2n) is 7.64. The summed E-state index contributed by atoms with van der Waals surface area (Å²) >= 11 is 0. The average Bonchev–Trinajstić information content (AvgIpc) is 2.83. The highest BCUT2D eigenvalue weighted by Gasteiger charge is 2.46. The number of benzene rings is 1. The normalized spacial score (nSPS) is 25.9. The van der Waals surface area contributed by atoms with Crippen LogP contribution in [0.3, 0.4) is 0 Å². The highest BCUT2D eigenvalue weighted by molar-refractivity contribution is 7.96. The Morgan fingerprint density at radius 3 is 2.21 bits per heavy atom. The largest absolute Gasteiger partial charge is 0.493 e. The lowest BCUT2D eigenvalue weighted by atomic mass is 10.1. The first-order valence-electron chi connectivity index (χ1n) is 9.69. The Balaban J connectivity index is 1.89. The van der Waals surface area contributed by atoms with E-state index in [9.17, 15) is 16.8 Å². The van der Waals surface area contributed by atoms with Crippen molar-refractivity contribution in [2.45, 2.75) is 60.8 Å². The molecule has 7 nitrogen and oxygen atoms in total. The van der Waals surface area contributed by atoms with Crippen molar-refractivity contribution >= 4 is 19.7 Å². The van der Waals surface area contributed by atoms with Gasteiger partial charge in [0.15, 0.2) is 31.2 Å². The lowest BCUT2D eigenvalue weighted by Gasteiger charge is -2.25. The zero-order valence-corrected chi connectivity index (χ0v) is 18.0. The van der Waals surface area contributed by atoms with Crippen LogP contribution in [0.1, 0.15) is 38.5 Å². The van der Waals surface area contributed by atoms with Gasteiger partial charge in [-0.05, 0) is 25.0 Å². The maximum atomic E-state index is 13.3. The van der Waals surface area contributed by atoms with Crippen LogP contribution in [0, 0.1) is 0 Å². The Hall–Kier alpha value is -1.32. The van der Waals surface area contributed by atoms with Crippen LogP contribution in [0.2, 0.25) is 0 Å². The number of ether oxygens (including phenoxy) is 2. The van der Waals surface area contributed by atoms with Crippen LogP contribution < -0.4 is 14.8 Å². The van der Waals surface area contributed by atoms with E-state index in [0.29, 0.717) is 11.5 Å². The molecule has 1 saturated carbocycles. The SMILES string of the molecule is COc1ccc(S(=O)(=O)[C@H]2CS(=O)(=O)C[C@@H]2NC2CCCCCC2)cc1OC. The molecule has 1 aromatic rings. The van der Waals surface area contributed by atoms with Gasteiger partial charge in [-0.15, -0.1) is 0 Å². The van der Waals surface area contributed by atoms with Gasteiger partial charge in [0.2, 0.25) is 0 Å². The predicted octanol–water partition coefficient (Wildman–Crippen LogP) is 1.96. The topological polar surface area (TPSA) is 98.8 Å². The molecule has 0 bridgehead atoms. The number of hydrogen-bond donors (Lipinski definition) is 1. The van der Waals surface area contributed by atoms with E-state index < -0.39 is 31.0 Å². The van der Waals surface area contributed by atoms with Gasteiger partial charge in [0.25, 0.3) is 0 Å². The number of nitrogens with one attached hydrogen (secondary N) is 1. The molecule has 1 aliphatic heterocycles. The van der Waals surface area contributed by atoms with E-state index >= 15 is 0 Å². The molecule has 0 spiro atoms. The van der Waals surface area contributed by atoms with Gasteiger partial charge >= 0.3 is 0 Å². The summed E-state index contributed by atoms with van der Waals surface area (Å²) in [6.07, 6.45) is 6.44. The summed E-state index contributed by atoms with van der Waals surface area (Å²) in [6.45, 7) is 0. The number of methoxy groups -OCH3 is 2. The number of sulfone groups is 2. The first kappa shape index (κ1) is 21.4. The van der Waals surface area contributed by atoms with Crippen LogP contribution in [-0.2, 0) is 19.7 Å². The molecule has 2 atom stereocenters. The van der Waals surface area contributed by atoms with Gasteiger partial charge in [-0.2, -0.15) is 0 Å². The van der Waals surface area contributed by atoms with Crippen molar-refractivity contribution in [1.29, 1.82) is 0 Å². The third-order valence-electron chi connectivity index (χ3n) is 5.69. The Bertz CT molecular complexity index is 889. The fourth-order valence-electron chi connectivity index (χ4n) is 4.19. The highest BCUT2D eigenvalue weighted by atomic mass is 32.2. The molecule has 28 heavy (non-hydrogen) atoms. The third-order valence-corrected chi connectivity index (χ3v) is 9.84. The van der Waals surface area contributed by atoms with Gasteiger partial charge in [0, 0.05) is 18.2 Å². The van der Waals surface area contributed by atoms with Gasteiger partial charge in [0.1, 0.15) is 0 Å². The molecule has 1 saturated heterocycles. The zero-order valence-electron chi connectivity index (χ0n) is 16.4. The summed E-state index contributed by atoms with van der Waals surface area (Å²) in [5.74, 6) is 0.237. The highest BCUT2D eigenvalue weighted by Crippen LogP contribution is 2.33. The molecule has 1 heterocycles. The predicted molar refractivity (Wildman–Crippen MR) is 108 cm³/mol. The third kappa shape index (κ3) is 4.63. The van der Waals surface area contributed by atoms with E-state index in [0.717, 1.165) is 25.7 Å². The number of rotatable bonds is 6. The van der Waals surface area contributed by atoms with Crippen LogP contribution in [-0.4, -0.2) is 59.9 Å². The molecule has 1 aliphatic carbocycles. The summed E-state index contributed by atoms with van der Waals surface area (Å²) in [6, 6.07) is 3.96. The molecule has 0 radical (unpaired) electrons. The summed E-state index contributed by atoms with van der Waals surface area (Å²) in [5.41, 5.74) is 0. The number of hydrogen-bond acceptors (Lipinski definition) is 7. The minimum absolute atomic E-state index is 0.0555. The second kappa shape index (κ2) is 8.59. The standard InChI is InChI=1S/C19H29NO6S2/c1-25-17-10-9-15(11-18(17)26-2)28(23,24)19-13-27(21,22)12-16(19)20-14-7-5-3-4-6-8-14/h9-11,14,16,19-20H,3-8,12-13H2,1-2H3/t16-,19-/m0/s1. The fourth-order valence-corrected chi connectivity index (χ4v) is 8.88. The lowest BCUT2D eigenvalue weighted by Crippen LogP contribution is -2.47. The van der Waals surface area contributed by atoms with Crippen molar-refractivity contribution in [3.05, 3.63) is 18.2 Å². The molecule has 1 aromatic carbocycles. The molecule has 0 amide bonds. The Morgan fingerprint density at radius 2 is 1.61 bits per heavy atom. The Kier molecular flexibility index (Phi) is 6.56. The summed E-state index contributed by atoms with van der Waals surface area (Å²) < 4.78 is 61.6.